The van der Waals surface area contributed by atoms with E-state index in [1.54, 1.807) is 12.1 Å². The van der Waals surface area contributed by atoms with Gasteiger partial charge in [0.1, 0.15) is 11.5 Å². The zero-order valence-corrected chi connectivity index (χ0v) is 11.0. The van der Waals surface area contributed by atoms with Gasteiger partial charge in [0.2, 0.25) is 0 Å². The number of aromatic amines is 1. The summed E-state index contributed by atoms with van der Waals surface area (Å²) in [6.07, 6.45) is 0. The molecule has 6 heteroatoms. The van der Waals surface area contributed by atoms with Gasteiger partial charge in [-0.1, -0.05) is 23.7 Å². The van der Waals surface area contributed by atoms with Gasteiger partial charge in [-0.15, -0.1) is 12.4 Å². The Morgan fingerprint density at radius 3 is 2.58 bits per heavy atom. The SMILES string of the molecule is Cl.O=c1[nH]c2c(Cl)cc(O)cc2c2cccc(O)c12. The smallest absolute Gasteiger partial charge is 0.260 e. The Balaban J connectivity index is 0.00000133. The van der Waals surface area contributed by atoms with Gasteiger partial charge in [0.25, 0.3) is 5.56 Å². The number of phenols is 2. The quantitative estimate of drug-likeness (QED) is 0.558. The average Bonchev–Trinajstić information content (AvgIpc) is 2.31. The number of rotatable bonds is 0. The van der Waals surface area contributed by atoms with Crippen LogP contribution >= 0.6 is 24.0 Å². The summed E-state index contributed by atoms with van der Waals surface area (Å²) in [5, 5.41) is 20.9. The predicted octanol–water partition coefficient (Wildman–Crippen LogP) is 3.17. The lowest BCUT2D eigenvalue weighted by atomic mass is 10.1. The number of phenolic OH excluding ortho intramolecular Hbond substituents is 2. The van der Waals surface area contributed by atoms with E-state index in [4.69, 9.17) is 11.6 Å². The molecular formula is C13H9Cl2NO3. The Kier molecular flexibility index (Phi) is 3.30. The third kappa shape index (κ3) is 1.99. The van der Waals surface area contributed by atoms with E-state index in [0.717, 1.165) is 0 Å². The second-order valence-corrected chi connectivity index (χ2v) is 4.41. The summed E-state index contributed by atoms with van der Waals surface area (Å²) in [7, 11) is 0. The number of aromatic hydroxyl groups is 2. The van der Waals surface area contributed by atoms with E-state index in [2.05, 4.69) is 4.98 Å². The molecule has 0 unspecified atom stereocenters. The van der Waals surface area contributed by atoms with Crippen molar-refractivity contribution in [1.82, 2.24) is 4.98 Å². The van der Waals surface area contributed by atoms with Crippen LogP contribution in [0, 0.1) is 0 Å². The maximum absolute atomic E-state index is 11.9. The zero-order chi connectivity index (χ0) is 12.9. The van der Waals surface area contributed by atoms with Gasteiger partial charge in [0.15, 0.2) is 0 Å². The average molecular weight is 298 g/mol. The summed E-state index contributed by atoms with van der Waals surface area (Å²) < 4.78 is 0. The highest BCUT2D eigenvalue weighted by Gasteiger charge is 2.11. The van der Waals surface area contributed by atoms with Crippen molar-refractivity contribution < 1.29 is 10.2 Å². The molecule has 0 fully saturated rings. The van der Waals surface area contributed by atoms with Crippen molar-refractivity contribution in [3.05, 3.63) is 45.7 Å². The molecule has 98 valence electrons. The molecule has 4 nitrogen and oxygen atoms in total. The van der Waals surface area contributed by atoms with E-state index in [1.807, 2.05) is 0 Å². The van der Waals surface area contributed by atoms with Gasteiger partial charge >= 0.3 is 0 Å². The summed E-state index contributed by atoms with van der Waals surface area (Å²) >= 11 is 5.98. The van der Waals surface area contributed by atoms with Gasteiger partial charge in [-0.2, -0.15) is 0 Å². The Morgan fingerprint density at radius 1 is 1.11 bits per heavy atom. The first-order valence-electron chi connectivity index (χ1n) is 5.24. The maximum Gasteiger partial charge on any atom is 0.260 e. The van der Waals surface area contributed by atoms with Crippen LogP contribution in [0.15, 0.2) is 35.1 Å². The Hall–Kier alpha value is -1.91. The fraction of sp³-hybridized carbons (Fsp3) is 0. The van der Waals surface area contributed by atoms with Crippen molar-refractivity contribution in [1.29, 1.82) is 0 Å². The molecule has 3 aromatic rings. The molecular weight excluding hydrogens is 289 g/mol. The molecule has 0 amide bonds. The van der Waals surface area contributed by atoms with Crippen LogP contribution in [0.3, 0.4) is 0 Å². The van der Waals surface area contributed by atoms with E-state index >= 15 is 0 Å². The van der Waals surface area contributed by atoms with E-state index < -0.39 is 5.56 Å². The Bertz CT molecular complexity index is 843. The molecule has 0 saturated heterocycles. The van der Waals surface area contributed by atoms with Gasteiger partial charge in [-0.05, 0) is 12.1 Å². The molecule has 3 N–H and O–H groups in total. The molecule has 0 saturated carbocycles. The number of benzene rings is 2. The normalized spacial score (nSPS) is 10.6. The van der Waals surface area contributed by atoms with E-state index in [9.17, 15) is 15.0 Å². The second kappa shape index (κ2) is 4.64. The lowest BCUT2D eigenvalue weighted by Gasteiger charge is -2.07. The fourth-order valence-electron chi connectivity index (χ4n) is 2.11. The van der Waals surface area contributed by atoms with Crippen LogP contribution in [-0.4, -0.2) is 15.2 Å². The number of H-pyrrole nitrogens is 1. The van der Waals surface area contributed by atoms with Crippen LogP contribution in [0.4, 0.5) is 0 Å². The zero-order valence-electron chi connectivity index (χ0n) is 9.48. The number of nitrogens with one attached hydrogen (secondary N) is 1. The van der Waals surface area contributed by atoms with E-state index in [0.29, 0.717) is 16.3 Å². The van der Waals surface area contributed by atoms with Crippen molar-refractivity contribution in [2.24, 2.45) is 0 Å². The maximum atomic E-state index is 11.9. The summed E-state index contributed by atoms with van der Waals surface area (Å²) in [6, 6.07) is 7.62. The highest BCUT2D eigenvalue weighted by atomic mass is 35.5. The van der Waals surface area contributed by atoms with Crippen LogP contribution in [0.25, 0.3) is 21.7 Å². The van der Waals surface area contributed by atoms with Gasteiger partial charge < -0.3 is 15.2 Å². The summed E-state index contributed by atoms with van der Waals surface area (Å²) in [5.41, 5.74) is 0.0285. The first-order valence-corrected chi connectivity index (χ1v) is 5.62. The molecule has 0 spiro atoms. The minimum Gasteiger partial charge on any atom is -0.508 e. The predicted molar refractivity (Wildman–Crippen MR) is 77.7 cm³/mol. The van der Waals surface area contributed by atoms with Gasteiger partial charge in [0, 0.05) is 16.8 Å². The molecule has 19 heavy (non-hydrogen) atoms. The molecule has 0 aliphatic carbocycles. The lowest BCUT2D eigenvalue weighted by molar-refractivity contribution is 0.476. The van der Waals surface area contributed by atoms with Crippen molar-refractivity contribution in [3.63, 3.8) is 0 Å². The molecule has 3 rings (SSSR count). The summed E-state index contributed by atoms with van der Waals surface area (Å²) in [6.45, 7) is 0. The van der Waals surface area contributed by atoms with Crippen molar-refractivity contribution in [2.75, 3.05) is 0 Å². The summed E-state index contributed by atoms with van der Waals surface area (Å²) in [4.78, 5) is 14.5. The number of hydrogen-bond donors (Lipinski definition) is 3. The van der Waals surface area contributed by atoms with Crippen LogP contribution < -0.4 is 5.56 Å². The molecule has 0 aliphatic heterocycles. The molecule has 2 aromatic carbocycles. The standard InChI is InChI=1S/C13H8ClNO3.ClH/c14-9-5-6(16)4-8-7-2-1-3-10(17)11(7)13(18)15-12(8)9;/h1-5,16-17H,(H,15,18);1H. The first-order chi connectivity index (χ1) is 8.58. The van der Waals surface area contributed by atoms with Crippen LogP contribution in [0.1, 0.15) is 0 Å². The molecule has 1 aromatic heterocycles. The van der Waals surface area contributed by atoms with Crippen LogP contribution in [-0.2, 0) is 0 Å². The largest absolute Gasteiger partial charge is 0.508 e. The third-order valence-electron chi connectivity index (χ3n) is 2.87. The Labute approximate surface area is 118 Å². The van der Waals surface area contributed by atoms with Crippen molar-refractivity contribution >= 4 is 45.7 Å². The van der Waals surface area contributed by atoms with Crippen LogP contribution in [0.2, 0.25) is 5.02 Å². The topological polar surface area (TPSA) is 73.3 Å². The molecule has 0 atom stereocenters. The minimum atomic E-state index is -0.414. The minimum absolute atomic E-state index is 0. The summed E-state index contributed by atoms with van der Waals surface area (Å²) in [5.74, 6) is -0.0979. The first kappa shape index (κ1) is 13.5. The van der Waals surface area contributed by atoms with Gasteiger partial charge in [-0.25, -0.2) is 0 Å². The van der Waals surface area contributed by atoms with Crippen molar-refractivity contribution in [3.8, 4) is 11.5 Å². The highest BCUT2D eigenvalue weighted by molar-refractivity contribution is 6.36. The molecule has 1 heterocycles. The van der Waals surface area contributed by atoms with Gasteiger partial charge in [0.05, 0.1) is 15.9 Å². The Morgan fingerprint density at radius 2 is 1.84 bits per heavy atom. The van der Waals surface area contributed by atoms with E-state index in [1.165, 1.54) is 18.2 Å². The lowest BCUT2D eigenvalue weighted by Crippen LogP contribution is -2.06. The van der Waals surface area contributed by atoms with Crippen LogP contribution in [0.5, 0.6) is 11.5 Å². The number of halogens is 2. The second-order valence-electron chi connectivity index (χ2n) is 4.00. The third-order valence-corrected chi connectivity index (χ3v) is 3.17. The number of pyridine rings is 1. The highest BCUT2D eigenvalue weighted by Crippen LogP contribution is 2.32. The number of hydrogen-bond acceptors (Lipinski definition) is 3. The molecule has 0 radical (unpaired) electrons. The number of aromatic nitrogens is 1. The fourth-order valence-corrected chi connectivity index (χ4v) is 2.37. The monoisotopic (exact) mass is 297 g/mol. The molecule has 0 aliphatic rings. The molecule has 0 bridgehead atoms. The van der Waals surface area contributed by atoms with Gasteiger partial charge in [-0.3, -0.25) is 4.79 Å². The van der Waals surface area contributed by atoms with E-state index in [-0.39, 0.29) is 34.3 Å². The number of fused-ring (bicyclic) bond motifs is 3. The van der Waals surface area contributed by atoms with Crippen molar-refractivity contribution in [2.45, 2.75) is 0 Å².